The van der Waals surface area contributed by atoms with Crippen LogP contribution < -0.4 is 10.9 Å². The smallest absolute Gasteiger partial charge is 0.257 e. The van der Waals surface area contributed by atoms with E-state index < -0.39 is 11.8 Å². The maximum absolute atomic E-state index is 12.9. The Balaban J connectivity index is 1.48. The van der Waals surface area contributed by atoms with Crippen molar-refractivity contribution in [1.29, 1.82) is 0 Å². The second-order valence-electron chi connectivity index (χ2n) is 6.44. The van der Waals surface area contributed by atoms with Crippen molar-refractivity contribution in [2.45, 2.75) is 19.3 Å². The number of nitrogens with one attached hydrogen (secondary N) is 2. The number of carbonyl (C=O) groups is 3. The van der Waals surface area contributed by atoms with Gasteiger partial charge in [0.15, 0.2) is 0 Å². The summed E-state index contributed by atoms with van der Waals surface area (Å²) in [5.41, 5.74) is 5.86. The lowest BCUT2D eigenvalue weighted by molar-refractivity contribution is -0.131. The van der Waals surface area contributed by atoms with E-state index >= 15 is 0 Å². The van der Waals surface area contributed by atoms with Gasteiger partial charge in [-0.1, -0.05) is 12.1 Å². The first-order valence-electron chi connectivity index (χ1n) is 8.67. The Morgan fingerprint density at radius 2 is 1.93 bits per heavy atom. The Morgan fingerprint density at radius 1 is 1.15 bits per heavy atom. The summed E-state index contributed by atoms with van der Waals surface area (Å²) in [5.74, 6) is -1.70. The molecule has 1 saturated heterocycles. The number of benzene rings is 1. The Labute approximate surface area is 155 Å². The lowest BCUT2D eigenvalue weighted by Gasteiger charge is -2.31. The lowest BCUT2D eigenvalue weighted by atomic mass is 9.97. The Hall–Kier alpha value is -3.16. The van der Waals surface area contributed by atoms with Crippen LogP contribution in [0.25, 0.3) is 0 Å². The molecular formula is C19H20FN3O4. The number of likely N-dealkylation sites (tertiary alicyclic amines) is 1. The molecule has 0 bridgehead atoms. The molecule has 0 spiro atoms. The van der Waals surface area contributed by atoms with Crippen molar-refractivity contribution >= 4 is 17.7 Å². The molecule has 1 fully saturated rings. The largest absolute Gasteiger partial charge is 0.472 e. The molecule has 3 rings (SSSR count). The minimum absolute atomic E-state index is 0.0241. The molecule has 0 aliphatic carbocycles. The van der Waals surface area contributed by atoms with Crippen molar-refractivity contribution in [3.05, 3.63) is 59.8 Å². The zero-order valence-corrected chi connectivity index (χ0v) is 14.6. The van der Waals surface area contributed by atoms with Gasteiger partial charge in [0.2, 0.25) is 11.8 Å². The molecule has 7 nitrogen and oxygen atoms in total. The van der Waals surface area contributed by atoms with E-state index in [1.807, 2.05) is 0 Å². The van der Waals surface area contributed by atoms with Crippen molar-refractivity contribution in [3.63, 3.8) is 0 Å². The van der Waals surface area contributed by atoms with Crippen LogP contribution in [0, 0.1) is 11.7 Å². The van der Waals surface area contributed by atoms with Gasteiger partial charge in [-0.3, -0.25) is 25.2 Å². The van der Waals surface area contributed by atoms with E-state index in [9.17, 15) is 18.8 Å². The summed E-state index contributed by atoms with van der Waals surface area (Å²) < 4.78 is 17.8. The van der Waals surface area contributed by atoms with E-state index in [-0.39, 0.29) is 30.6 Å². The van der Waals surface area contributed by atoms with E-state index in [1.165, 1.54) is 36.8 Å². The maximum Gasteiger partial charge on any atom is 0.257 e. The first-order chi connectivity index (χ1) is 13.0. The van der Waals surface area contributed by atoms with Gasteiger partial charge in [-0.25, -0.2) is 4.39 Å². The third-order valence-electron chi connectivity index (χ3n) is 4.45. The molecule has 1 aliphatic rings. The maximum atomic E-state index is 12.9. The molecule has 27 heavy (non-hydrogen) atoms. The molecule has 1 atom stereocenters. The third-order valence-corrected chi connectivity index (χ3v) is 4.45. The van der Waals surface area contributed by atoms with Crippen LogP contribution in [0.15, 0.2) is 47.3 Å². The molecule has 0 radical (unpaired) electrons. The van der Waals surface area contributed by atoms with Gasteiger partial charge in [0, 0.05) is 13.1 Å². The topological polar surface area (TPSA) is 91.7 Å². The number of hydrogen-bond acceptors (Lipinski definition) is 4. The molecule has 1 aliphatic heterocycles. The average molecular weight is 373 g/mol. The summed E-state index contributed by atoms with van der Waals surface area (Å²) in [6.45, 7) is 0.856. The summed E-state index contributed by atoms with van der Waals surface area (Å²) >= 11 is 0. The third kappa shape index (κ3) is 4.93. The van der Waals surface area contributed by atoms with Gasteiger partial charge in [-0.05, 0) is 36.6 Å². The van der Waals surface area contributed by atoms with Crippen LogP contribution in [0.2, 0.25) is 0 Å². The van der Waals surface area contributed by atoms with E-state index in [1.54, 1.807) is 11.0 Å². The number of hydrogen-bond donors (Lipinski definition) is 2. The van der Waals surface area contributed by atoms with Crippen LogP contribution in [0.4, 0.5) is 4.39 Å². The van der Waals surface area contributed by atoms with Crippen molar-refractivity contribution in [1.82, 2.24) is 15.8 Å². The zero-order chi connectivity index (χ0) is 19.2. The van der Waals surface area contributed by atoms with Gasteiger partial charge in [0.05, 0.1) is 24.2 Å². The fourth-order valence-electron chi connectivity index (χ4n) is 3.01. The molecular weight excluding hydrogens is 353 g/mol. The number of hydrazine groups is 1. The van der Waals surface area contributed by atoms with E-state index in [0.717, 1.165) is 0 Å². The summed E-state index contributed by atoms with van der Waals surface area (Å²) in [5, 5.41) is 0. The van der Waals surface area contributed by atoms with Gasteiger partial charge in [-0.2, -0.15) is 0 Å². The van der Waals surface area contributed by atoms with Crippen molar-refractivity contribution in [3.8, 4) is 0 Å². The molecule has 2 aromatic rings. The number of nitrogens with zero attached hydrogens (tertiary/aromatic N) is 1. The molecule has 0 unspecified atom stereocenters. The number of piperidine rings is 1. The standard InChI is InChI=1S/C19H20FN3O4/c20-16-5-3-13(4-6-16)10-17(24)21-22-18(25)14-2-1-8-23(11-14)19(26)15-7-9-27-12-15/h3-7,9,12,14H,1-2,8,10-11H2,(H,21,24)(H,22,25)/t14-/m0/s1. The van der Waals surface area contributed by atoms with Crippen LogP contribution in [0.1, 0.15) is 28.8 Å². The van der Waals surface area contributed by atoms with Crippen LogP contribution >= 0.6 is 0 Å². The first-order valence-corrected chi connectivity index (χ1v) is 8.67. The fourth-order valence-corrected chi connectivity index (χ4v) is 3.01. The second-order valence-corrected chi connectivity index (χ2v) is 6.44. The van der Waals surface area contributed by atoms with Crippen LogP contribution in [0.5, 0.6) is 0 Å². The summed E-state index contributed by atoms with van der Waals surface area (Å²) in [6.07, 6.45) is 4.16. The number of halogens is 1. The predicted octanol–water partition coefficient (Wildman–Crippen LogP) is 1.66. The highest BCUT2D eigenvalue weighted by Gasteiger charge is 2.29. The highest BCUT2D eigenvalue weighted by molar-refractivity contribution is 5.94. The Kier molecular flexibility index (Phi) is 5.85. The lowest BCUT2D eigenvalue weighted by Crippen LogP contribution is -2.50. The molecule has 1 aromatic carbocycles. The monoisotopic (exact) mass is 373 g/mol. The summed E-state index contributed by atoms with van der Waals surface area (Å²) in [4.78, 5) is 38.2. The van der Waals surface area contributed by atoms with Crippen molar-refractivity contribution in [2.24, 2.45) is 5.92 Å². The molecule has 3 amide bonds. The van der Waals surface area contributed by atoms with Crippen molar-refractivity contribution in [2.75, 3.05) is 13.1 Å². The Bertz CT molecular complexity index is 805. The highest BCUT2D eigenvalue weighted by Crippen LogP contribution is 2.19. The van der Waals surface area contributed by atoms with E-state index in [0.29, 0.717) is 30.5 Å². The van der Waals surface area contributed by atoms with Crippen LogP contribution in [0.3, 0.4) is 0 Å². The van der Waals surface area contributed by atoms with Crippen LogP contribution in [-0.4, -0.2) is 35.7 Å². The number of rotatable bonds is 4. The van der Waals surface area contributed by atoms with Gasteiger partial charge in [0.1, 0.15) is 12.1 Å². The predicted molar refractivity (Wildman–Crippen MR) is 93.7 cm³/mol. The van der Waals surface area contributed by atoms with Crippen LogP contribution in [-0.2, 0) is 16.0 Å². The molecule has 1 aromatic heterocycles. The molecule has 0 saturated carbocycles. The number of furan rings is 1. The minimum atomic E-state index is -0.405. The number of amides is 3. The molecule has 8 heteroatoms. The summed E-state index contributed by atoms with van der Waals surface area (Å²) in [6, 6.07) is 7.15. The quantitative estimate of drug-likeness (QED) is 0.798. The molecule has 2 N–H and O–H groups in total. The van der Waals surface area contributed by atoms with E-state index in [4.69, 9.17) is 4.42 Å². The zero-order valence-electron chi connectivity index (χ0n) is 14.6. The van der Waals surface area contributed by atoms with Gasteiger partial charge in [-0.15, -0.1) is 0 Å². The second kappa shape index (κ2) is 8.48. The molecule has 142 valence electrons. The van der Waals surface area contributed by atoms with Crippen molar-refractivity contribution < 1.29 is 23.2 Å². The van der Waals surface area contributed by atoms with Gasteiger partial charge >= 0.3 is 0 Å². The Morgan fingerprint density at radius 3 is 2.63 bits per heavy atom. The van der Waals surface area contributed by atoms with Gasteiger partial charge in [0.25, 0.3) is 5.91 Å². The number of carbonyl (C=O) groups excluding carboxylic acids is 3. The fraction of sp³-hybridized carbons (Fsp3) is 0.316. The van der Waals surface area contributed by atoms with Gasteiger partial charge < -0.3 is 9.32 Å². The highest BCUT2D eigenvalue weighted by atomic mass is 19.1. The normalized spacial score (nSPS) is 16.6. The molecule has 2 heterocycles. The average Bonchev–Trinajstić information content (AvgIpc) is 3.22. The first kappa shape index (κ1) is 18.6. The minimum Gasteiger partial charge on any atom is -0.472 e. The van der Waals surface area contributed by atoms with E-state index in [2.05, 4.69) is 10.9 Å². The summed E-state index contributed by atoms with van der Waals surface area (Å²) in [7, 11) is 0. The SMILES string of the molecule is O=C(Cc1ccc(F)cc1)NNC(=O)[C@H]1CCCN(C(=O)c2ccoc2)C1.